The van der Waals surface area contributed by atoms with Gasteiger partial charge in [-0.1, -0.05) is 12.1 Å². The molecule has 8 heteroatoms. The van der Waals surface area contributed by atoms with Crippen molar-refractivity contribution in [1.82, 2.24) is 20.1 Å². The van der Waals surface area contributed by atoms with Crippen LogP contribution in [0, 0.1) is 24.0 Å². The van der Waals surface area contributed by atoms with Crippen LogP contribution in [0.4, 0.5) is 5.69 Å². The van der Waals surface area contributed by atoms with E-state index < -0.39 is 4.92 Å². The van der Waals surface area contributed by atoms with E-state index in [1.807, 2.05) is 24.3 Å². The fourth-order valence-corrected chi connectivity index (χ4v) is 2.83. The van der Waals surface area contributed by atoms with E-state index in [0.29, 0.717) is 30.0 Å². The average molecular weight is 365 g/mol. The first-order valence-electron chi connectivity index (χ1n) is 8.40. The van der Waals surface area contributed by atoms with Gasteiger partial charge in [0.1, 0.15) is 11.4 Å². The summed E-state index contributed by atoms with van der Waals surface area (Å²) >= 11 is 0. The van der Waals surface area contributed by atoms with E-state index in [2.05, 4.69) is 15.4 Å². The number of aromatic nitrogens is 3. The number of carbonyl (C=O) groups is 1. The molecule has 2 aromatic heterocycles. The first-order chi connectivity index (χ1) is 13.0. The fraction of sp³-hybridized carbons (Fsp3) is 0.211. The van der Waals surface area contributed by atoms with E-state index in [1.54, 1.807) is 43.1 Å². The summed E-state index contributed by atoms with van der Waals surface area (Å²) in [4.78, 5) is 26.9. The van der Waals surface area contributed by atoms with Crippen LogP contribution in [0.3, 0.4) is 0 Å². The molecule has 1 aromatic carbocycles. The molecule has 8 nitrogen and oxygen atoms in total. The van der Waals surface area contributed by atoms with Crippen molar-refractivity contribution in [3.05, 3.63) is 87.0 Å². The smallest absolute Gasteiger partial charge is 0.312 e. The fourth-order valence-electron chi connectivity index (χ4n) is 2.83. The molecule has 3 rings (SSSR count). The molecule has 0 spiro atoms. The molecule has 3 aromatic rings. The van der Waals surface area contributed by atoms with Crippen LogP contribution in [0.1, 0.15) is 32.9 Å². The van der Waals surface area contributed by atoms with E-state index in [4.69, 9.17) is 0 Å². The lowest BCUT2D eigenvalue weighted by Crippen LogP contribution is -2.22. The zero-order chi connectivity index (χ0) is 19.4. The number of carbonyl (C=O) groups excluding carboxylic acids is 1. The molecular formula is C19H19N5O3. The predicted octanol–water partition coefficient (Wildman–Crippen LogP) is 2.78. The van der Waals surface area contributed by atoms with Crippen LogP contribution >= 0.6 is 0 Å². The van der Waals surface area contributed by atoms with Crippen LogP contribution in [-0.2, 0) is 13.1 Å². The number of amides is 1. The Morgan fingerprint density at radius 1 is 1.11 bits per heavy atom. The van der Waals surface area contributed by atoms with Crippen LogP contribution in [0.2, 0.25) is 0 Å². The number of pyridine rings is 1. The number of nitro groups is 1. The molecule has 0 aliphatic heterocycles. The molecule has 0 fully saturated rings. The van der Waals surface area contributed by atoms with Crippen molar-refractivity contribution < 1.29 is 9.72 Å². The second-order valence-electron chi connectivity index (χ2n) is 6.17. The lowest BCUT2D eigenvalue weighted by atomic mass is 10.1. The third-order valence-corrected chi connectivity index (χ3v) is 4.28. The molecule has 0 radical (unpaired) electrons. The van der Waals surface area contributed by atoms with Gasteiger partial charge in [-0.2, -0.15) is 5.10 Å². The maximum absolute atomic E-state index is 12.2. The van der Waals surface area contributed by atoms with Crippen molar-refractivity contribution in [3.8, 4) is 0 Å². The summed E-state index contributed by atoms with van der Waals surface area (Å²) in [5.74, 6) is -0.167. The van der Waals surface area contributed by atoms with E-state index in [0.717, 1.165) is 11.1 Å². The van der Waals surface area contributed by atoms with Gasteiger partial charge >= 0.3 is 5.69 Å². The van der Waals surface area contributed by atoms with Crippen molar-refractivity contribution in [2.75, 3.05) is 0 Å². The number of hydrogen-bond donors (Lipinski definition) is 1. The minimum absolute atomic E-state index is 0.0436. The summed E-state index contributed by atoms with van der Waals surface area (Å²) in [6.45, 7) is 4.13. The Morgan fingerprint density at radius 3 is 2.37 bits per heavy atom. The molecule has 0 saturated carbocycles. The summed E-state index contributed by atoms with van der Waals surface area (Å²) in [5.41, 5.74) is 3.37. The lowest BCUT2D eigenvalue weighted by Gasteiger charge is -2.07. The maximum atomic E-state index is 12.2. The zero-order valence-corrected chi connectivity index (χ0v) is 15.0. The summed E-state index contributed by atoms with van der Waals surface area (Å²) < 4.78 is 1.60. The Labute approximate surface area is 156 Å². The molecular weight excluding hydrogens is 346 g/mol. The highest BCUT2D eigenvalue weighted by atomic mass is 16.6. The monoisotopic (exact) mass is 365 g/mol. The van der Waals surface area contributed by atoms with Gasteiger partial charge in [0.25, 0.3) is 5.91 Å². The Kier molecular flexibility index (Phi) is 5.25. The largest absolute Gasteiger partial charge is 0.348 e. The molecule has 138 valence electrons. The Morgan fingerprint density at radius 2 is 1.78 bits per heavy atom. The number of rotatable bonds is 6. The minimum Gasteiger partial charge on any atom is -0.348 e. The van der Waals surface area contributed by atoms with Crippen molar-refractivity contribution in [1.29, 1.82) is 0 Å². The van der Waals surface area contributed by atoms with Gasteiger partial charge in [-0.25, -0.2) is 0 Å². The van der Waals surface area contributed by atoms with E-state index in [-0.39, 0.29) is 11.6 Å². The highest BCUT2D eigenvalue weighted by Crippen LogP contribution is 2.22. The van der Waals surface area contributed by atoms with Gasteiger partial charge in [-0.15, -0.1) is 0 Å². The Balaban J connectivity index is 1.66. The Hall–Kier alpha value is -3.55. The second-order valence-corrected chi connectivity index (χ2v) is 6.17. The molecule has 2 heterocycles. The number of aryl methyl sites for hydroxylation is 1. The summed E-state index contributed by atoms with van der Waals surface area (Å²) in [5, 5.41) is 18.2. The van der Waals surface area contributed by atoms with E-state index in [9.17, 15) is 14.9 Å². The molecule has 0 aliphatic carbocycles. The summed E-state index contributed by atoms with van der Waals surface area (Å²) in [6.07, 6.45) is 3.36. The van der Waals surface area contributed by atoms with Crippen LogP contribution in [0.25, 0.3) is 0 Å². The van der Waals surface area contributed by atoms with E-state index >= 15 is 0 Å². The molecule has 0 unspecified atom stereocenters. The van der Waals surface area contributed by atoms with Crippen molar-refractivity contribution in [2.24, 2.45) is 0 Å². The third kappa shape index (κ3) is 4.17. The molecule has 27 heavy (non-hydrogen) atoms. The molecule has 1 amide bonds. The van der Waals surface area contributed by atoms with Crippen LogP contribution in [0.15, 0.2) is 48.8 Å². The predicted molar refractivity (Wildman–Crippen MR) is 99.3 cm³/mol. The first-order valence-corrected chi connectivity index (χ1v) is 8.40. The second kappa shape index (κ2) is 7.77. The SMILES string of the molecule is Cc1nn(Cc2ccc(C(=O)NCc3ccncc3)cc2)c(C)c1[N+](=O)[O-]. The van der Waals surface area contributed by atoms with Gasteiger partial charge < -0.3 is 5.32 Å². The van der Waals surface area contributed by atoms with Crippen LogP contribution in [0.5, 0.6) is 0 Å². The Bertz CT molecular complexity index is 965. The standard InChI is InChI=1S/C19H19N5O3/c1-13-18(24(26)27)14(2)23(22-13)12-16-3-5-17(6-4-16)19(25)21-11-15-7-9-20-10-8-15/h3-10H,11-12H2,1-2H3,(H,21,25). The number of benzene rings is 1. The molecule has 0 saturated heterocycles. The van der Waals surface area contributed by atoms with Crippen molar-refractivity contribution >= 4 is 11.6 Å². The van der Waals surface area contributed by atoms with Crippen LogP contribution < -0.4 is 5.32 Å². The van der Waals surface area contributed by atoms with Crippen molar-refractivity contribution in [3.63, 3.8) is 0 Å². The van der Waals surface area contributed by atoms with E-state index in [1.165, 1.54) is 0 Å². The van der Waals surface area contributed by atoms with Gasteiger partial charge in [0.2, 0.25) is 0 Å². The topological polar surface area (TPSA) is 103 Å². The average Bonchev–Trinajstić information content (AvgIpc) is 2.94. The van der Waals surface area contributed by atoms with Gasteiger partial charge in [0.15, 0.2) is 0 Å². The molecule has 0 bridgehead atoms. The number of nitrogens with one attached hydrogen (secondary N) is 1. The van der Waals surface area contributed by atoms with Gasteiger partial charge in [0, 0.05) is 24.5 Å². The number of nitrogens with zero attached hydrogens (tertiary/aromatic N) is 4. The highest BCUT2D eigenvalue weighted by Gasteiger charge is 2.21. The van der Waals surface area contributed by atoms with Crippen molar-refractivity contribution in [2.45, 2.75) is 26.9 Å². The maximum Gasteiger partial charge on any atom is 0.312 e. The summed E-state index contributed by atoms with van der Waals surface area (Å²) in [6, 6.07) is 10.8. The molecule has 1 N–H and O–H groups in total. The highest BCUT2D eigenvalue weighted by molar-refractivity contribution is 5.94. The zero-order valence-electron chi connectivity index (χ0n) is 15.0. The number of hydrogen-bond acceptors (Lipinski definition) is 5. The summed E-state index contributed by atoms with van der Waals surface area (Å²) in [7, 11) is 0. The first kappa shape index (κ1) is 18.2. The van der Waals surface area contributed by atoms with Gasteiger partial charge in [-0.3, -0.25) is 24.6 Å². The van der Waals surface area contributed by atoms with Gasteiger partial charge in [0.05, 0.1) is 11.5 Å². The molecule has 0 atom stereocenters. The normalized spacial score (nSPS) is 10.6. The molecule has 0 aliphatic rings. The quantitative estimate of drug-likeness (QED) is 0.534. The van der Waals surface area contributed by atoms with Gasteiger partial charge in [-0.05, 0) is 49.2 Å². The minimum atomic E-state index is -0.412. The lowest BCUT2D eigenvalue weighted by molar-refractivity contribution is -0.386. The third-order valence-electron chi connectivity index (χ3n) is 4.28. The van der Waals surface area contributed by atoms with Crippen LogP contribution in [-0.4, -0.2) is 25.6 Å².